The van der Waals surface area contributed by atoms with Gasteiger partial charge in [-0.25, -0.2) is 4.98 Å². The molecule has 0 unspecified atom stereocenters. The molecule has 4 heteroatoms. The molecule has 2 aromatic rings. The summed E-state index contributed by atoms with van der Waals surface area (Å²) >= 11 is 1.73. The van der Waals surface area contributed by atoms with Crippen molar-refractivity contribution in [3.63, 3.8) is 0 Å². The molecule has 3 nitrogen and oxygen atoms in total. The highest BCUT2D eigenvalue weighted by molar-refractivity contribution is 7.98. The van der Waals surface area contributed by atoms with Crippen LogP contribution in [0.1, 0.15) is 19.5 Å². The molecule has 0 saturated carbocycles. The zero-order valence-corrected chi connectivity index (χ0v) is 11.8. The van der Waals surface area contributed by atoms with Crippen LogP contribution in [0.4, 0.5) is 0 Å². The van der Waals surface area contributed by atoms with Crippen LogP contribution in [0.3, 0.4) is 0 Å². The largest absolute Gasteiger partial charge is 0.444 e. The van der Waals surface area contributed by atoms with E-state index in [1.807, 2.05) is 12.1 Å². The van der Waals surface area contributed by atoms with E-state index in [1.165, 1.54) is 4.90 Å². The van der Waals surface area contributed by atoms with Gasteiger partial charge in [-0.1, -0.05) is 13.8 Å². The number of oxazole rings is 1. The molecule has 2 rings (SSSR count). The maximum Gasteiger partial charge on any atom is 0.226 e. The SMILES string of the molecule is CSc1ccc(-c2nc(CNC(C)C)co2)cc1. The van der Waals surface area contributed by atoms with Crippen molar-refractivity contribution < 1.29 is 4.42 Å². The van der Waals surface area contributed by atoms with Gasteiger partial charge in [-0.05, 0) is 30.5 Å². The van der Waals surface area contributed by atoms with Crippen molar-refractivity contribution in [2.75, 3.05) is 6.26 Å². The van der Waals surface area contributed by atoms with Gasteiger partial charge in [0, 0.05) is 23.0 Å². The van der Waals surface area contributed by atoms with Crippen LogP contribution in [0.5, 0.6) is 0 Å². The van der Waals surface area contributed by atoms with Gasteiger partial charge in [-0.2, -0.15) is 0 Å². The lowest BCUT2D eigenvalue weighted by Gasteiger charge is -2.04. The van der Waals surface area contributed by atoms with Gasteiger partial charge < -0.3 is 9.73 Å². The minimum atomic E-state index is 0.450. The summed E-state index contributed by atoms with van der Waals surface area (Å²) in [7, 11) is 0. The van der Waals surface area contributed by atoms with E-state index in [1.54, 1.807) is 18.0 Å². The summed E-state index contributed by atoms with van der Waals surface area (Å²) in [6.45, 7) is 4.97. The second-order valence-corrected chi connectivity index (χ2v) is 5.29. The minimum absolute atomic E-state index is 0.450. The molecule has 1 aromatic heterocycles. The Balaban J connectivity index is 2.08. The predicted octanol–water partition coefficient (Wildman–Crippen LogP) is 3.56. The number of nitrogens with zero attached hydrogens (tertiary/aromatic N) is 1. The highest BCUT2D eigenvalue weighted by atomic mass is 32.2. The topological polar surface area (TPSA) is 38.1 Å². The Morgan fingerprint density at radius 3 is 2.61 bits per heavy atom. The van der Waals surface area contributed by atoms with E-state index in [0.29, 0.717) is 11.9 Å². The van der Waals surface area contributed by atoms with Crippen LogP contribution >= 0.6 is 11.8 Å². The van der Waals surface area contributed by atoms with Crippen LogP contribution in [0.2, 0.25) is 0 Å². The first-order valence-electron chi connectivity index (χ1n) is 6.01. The number of thioether (sulfide) groups is 1. The van der Waals surface area contributed by atoms with Gasteiger partial charge >= 0.3 is 0 Å². The van der Waals surface area contributed by atoms with Crippen molar-refractivity contribution in [1.29, 1.82) is 0 Å². The minimum Gasteiger partial charge on any atom is -0.444 e. The highest BCUT2D eigenvalue weighted by Gasteiger charge is 2.06. The maximum atomic E-state index is 5.50. The summed E-state index contributed by atoms with van der Waals surface area (Å²) in [5, 5.41) is 3.32. The van der Waals surface area contributed by atoms with E-state index in [0.717, 1.165) is 17.8 Å². The van der Waals surface area contributed by atoms with Crippen LogP contribution in [0.25, 0.3) is 11.5 Å². The highest BCUT2D eigenvalue weighted by Crippen LogP contribution is 2.22. The smallest absolute Gasteiger partial charge is 0.226 e. The zero-order valence-electron chi connectivity index (χ0n) is 10.9. The third-order valence-corrected chi connectivity index (χ3v) is 3.32. The molecule has 0 spiro atoms. The van der Waals surface area contributed by atoms with E-state index in [-0.39, 0.29) is 0 Å². The summed E-state index contributed by atoms with van der Waals surface area (Å²) < 4.78 is 5.50. The molecule has 18 heavy (non-hydrogen) atoms. The number of benzene rings is 1. The summed E-state index contributed by atoms with van der Waals surface area (Å²) in [4.78, 5) is 5.71. The fourth-order valence-corrected chi connectivity index (χ4v) is 1.97. The van der Waals surface area contributed by atoms with Gasteiger partial charge in [-0.3, -0.25) is 0 Å². The van der Waals surface area contributed by atoms with Crippen LogP contribution in [0.15, 0.2) is 39.8 Å². The molecule has 96 valence electrons. The molecular weight excluding hydrogens is 244 g/mol. The van der Waals surface area contributed by atoms with Gasteiger partial charge in [0.1, 0.15) is 6.26 Å². The van der Waals surface area contributed by atoms with E-state index in [4.69, 9.17) is 4.42 Å². The molecule has 0 fully saturated rings. The fourth-order valence-electron chi connectivity index (χ4n) is 1.56. The van der Waals surface area contributed by atoms with Crippen molar-refractivity contribution >= 4 is 11.8 Å². The molecule has 0 bridgehead atoms. The molecule has 1 heterocycles. The Kier molecular flexibility index (Phi) is 4.44. The normalized spacial score (nSPS) is 11.1. The second kappa shape index (κ2) is 6.07. The number of nitrogens with one attached hydrogen (secondary N) is 1. The second-order valence-electron chi connectivity index (χ2n) is 4.41. The predicted molar refractivity (Wildman–Crippen MR) is 75.7 cm³/mol. The number of rotatable bonds is 5. The first kappa shape index (κ1) is 13.2. The average molecular weight is 262 g/mol. The lowest BCUT2D eigenvalue weighted by atomic mass is 10.2. The van der Waals surface area contributed by atoms with E-state index in [2.05, 4.69) is 42.5 Å². The Morgan fingerprint density at radius 2 is 2.00 bits per heavy atom. The first-order valence-corrected chi connectivity index (χ1v) is 7.23. The summed E-state index contributed by atoms with van der Waals surface area (Å²) in [5.74, 6) is 0.684. The molecule has 0 aliphatic heterocycles. The molecule has 0 aliphatic carbocycles. The van der Waals surface area contributed by atoms with E-state index < -0.39 is 0 Å². The van der Waals surface area contributed by atoms with Crippen molar-refractivity contribution in [2.45, 2.75) is 31.3 Å². The molecule has 0 amide bonds. The lowest BCUT2D eigenvalue weighted by molar-refractivity contribution is 0.560. The maximum absolute atomic E-state index is 5.50. The number of hydrogen-bond donors (Lipinski definition) is 1. The summed E-state index contributed by atoms with van der Waals surface area (Å²) in [6, 6.07) is 8.69. The van der Waals surface area contributed by atoms with Gasteiger partial charge in [0.15, 0.2) is 0 Å². The Morgan fingerprint density at radius 1 is 1.28 bits per heavy atom. The summed E-state index contributed by atoms with van der Waals surface area (Å²) in [6.07, 6.45) is 3.78. The molecule has 0 atom stereocenters. The van der Waals surface area contributed by atoms with Crippen molar-refractivity contribution in [3.8, 4) is 11.5 Å². The monoisotopic (exact) mass is 262 g/mol. The van der Waals surface area contributed by atoms with Gasteiger partial charge in [0.25, 0.3) is 0 Å². The third kappa shape index (κ3) is 3.37. The van der Waals surface area contributed by atoms with Crippen LogP contribution < -0.4 is 5.32 Å². The lowest BCUT2D eigenvalue weighted by Crippen LogP contribution is -2.21. The van der Waals surface area contributed by atoms with Gasteiger partial charge in [-0.15, -0.1) is 11.8 Å². The standard InChI is InChI=1S/C14H18N2OS/c1-10(2)15-8-12-9-17-14(16-12)11-4-6-13(18-3)7-5-11/h4-7,9-10,15H,8H2,1-3H3. The van der Waals surface area contributed by atoms with Crippen LogP contribution in [-0.4, -0.2) is 17.3 Å². The van der Waals surface area contributed by atoms with Gasteiger partial charge in [0.2, 0.25) is 5.89 Å². The molecular formula is C14H18N2OS. The number of aromatic nitrogens is 1. The summed E-state index contributed by atoms with van der Waals surface area (Å²) in [5.41, 5.74) is 1.95. The Labute approximate surface area is 112 Å². The van der Waals surface area contributed by atoms with E-state index in [9.17, 15) is 0 Å². The Hall–Kier alpha value is -1.26. The third-order valence-electron chi connectivity index (χ3n) is 2.58. The zero-order chi connectivity index (χ0) is 13.0. The van der Waals surface area contributed by atoms with Crippen molar-refractivity contribution in [3.05, 3.63) is 36.2 Å². The van der Waals surface area contributed by atoms with Gasteiger partial charge in [0.05, 0.1) is 5.69 Å². The van der Waals surface area contributed by atoms with Crippen molar-refractivity contribution in [1.82, 2.24) is 10.3 Å². The molecule has 0 saturated heterocycles. The van der Waals surface area contributed by atoms with Crippen LogP contribution in [-0.2, 0) is 6.54 Å². The van der Waals surface area contributed by atoms with Crippen molar-refractivity contribution in [2.24, 2.45) is 0 Å². The fraction of sp³-hybridized carbons (Fsp3) is 0.357. The van der Waals surface area contributed by atoms with E-state index >= 15 is 0 Å². The molecule has 1 N–H and O–H groups in total. The molecule has 0 aliphatic rings. The number of hydrogen-bond acceptors (Lipinski definition) is 4. The molecule has 0 radical (unpaired) electrons. The van der Waals surface area contributed by atoms with Crippen LogP contribution in [0, 0.1) is 0 Å². The Bertz CT molecular complexity index is 491. The quantitative estimate of drug-likeness (QED) is 0.836. The first-order chi connectivity index (χ1) is 8.69. The average Bonchev–Trinajstić information content (AvgIpc) is 2.85. The molecule has 1 aromatic carbocycles.